The van der Waals surface area contributed by atoms with Gasteiger partial charge in [0.2, 0.25) is 0 Å². The van der Waals surface area contributed by atoms with Crippen LogP contribution in [0.4, 0.5) is 0 Å². The van der Waals surface area contributed by atoms with Crippen LogP contribution < -0.4 is 0 Å². The molecule has 24 heavy (non-hydrogen) atoms. The van der Waals surface area contributed by atoms with E-state index in [2.05, 4.69) is 27.7 Å². The summed E-state index contributed by atoms with van der Waals surface area (Å²) in [5, 5.41) is 19.7. The van der Waals surface area contributed by atoms with Crippen molar-refractivity contribution in [2.45, 2.75) is 98.3 Å². The topological polar surface area (TPSA) is 74.6 Å². The van der Waals surface area contributed by atoms with E-state index in [0.29, 0.717) is 0 Å². The van der Waals surface area contributed by atoms with Gasteiger partial charge in [-0.1, -0.05) is 66.2 Å². The molecular weight excluding hydrogens is 304 g/mol. The highest BCUT2D eigenvalue weighted by molar-refractivity contribution is 5.82. The van der Waals surface area contributed by atoms with Crippen LogP contribution in [-0.2, 0) is 9.59 Å². The maximum absolute atomic E-state index is 12.5. The van der Waals surface area contributed by atoms with Crippen molar-refractivity contribution >= 4 is 11.9 Å². The zero-order chi connectivity index (χ0) is 18.6. The van der Waals surface area contributed by atoms with E-state index >= 15 is 0 Å². The second kappa shape index (κ2) is 12.3. The number of hydrogen-bond acceptors (Lipinski definition) is 2. The van der Waals surface area contributed by atoms with Gasteiger partial charge in [0.25, 0.3) is 0 Å². The minimum atomic E-state index is -1.12. The van der Waals surface area contributed by atoms with E-state index in [1.165, 1.54) is 0 Å². The first-order valence-electron chi connectivity index (χ1n) is 9.85. The van der Waals surface area contributed by atoms with Gasteiger partial charge < -0.3 is 10.2 Å². The van der Waals surface area contributed by atoms with Crippen LogP contribution in [-0.4, -0.2) is 22.2 Å². The van der Waals surface area contributed by atoms with Crippen LogP contribution >= 0.6 is 0 Å². The second-order valence-corrected chi connectivity index (χ2v) is 7.17. The summed E-state index contributed by atoms with van der Waals surface area (Å²) in [7, 11) is 0. The van der Waals surface area contributed by atoms with Gasteiger partial charge in [0.15, 0.2) is 0 Å². The van der Waals surface area contributed by atoms with Crippen molar-refractivity contribution in [1.29, 1.82) is 0 Å². The molecule has 0 aliphatic heterocycles. The van der Waals surface area contributed by atoms with Crippen LogP contribution in [0.25, 0.3) is 0 Å². The molecule has 4 heteroatoms. The van der Waals surface area contributed by atoms with Gasteiger partial charge in [-0.25, -0.2) is 0 Å². The lowest BCUT2D eigenvalue weighted by Crippen LogP contribution is -2.47. The Kier molecular flexibility index (Phi) is 11.8. The molecule has 0 fully saturated rings. The van der Waals surface area contributed by atoms with Gasteiger partial charge in [-0.2, -0.15) is 0 Å². The smallest absolute Gasteiger partial charge is 0.310 e. The third-order valence-corrected chi connectivity index (χ3v) is 5.39. The van der Waals surface area contributed by atoms with E-state index in [9.17, 15) is 19.8 Å². The Balaban J connectivity index is 5.93. The van der Waals surface area contributed by atoms with Crippen molar-refractivity contribution in [2.75, 3.05) is 0 Å². The lowest BCUT2D eigenvalue weighted by atomic mass is 9.59. The second-order valence-electron chi connectivity index (χ2n) is 7.17. The molecule has 0 amide bonds. The SMILES string of the molecule is CCCCC(CCC)C(CC(=O)O)(C(=O)O)C(CCC)CCCC. The van der Waals surface area contributed by atoms with E-state index in [1.807, 2.05) is 0 Å². The summed E-state index contributed by atoms with van der Waals surface area (Å²) in [4.78, 5) is 24.1. The van der Waals surface area contributed by atoms with Crippen LogP contribution in [0, 0.1) is 17.3 Å². The van der Waals surface area contributed by atoms with Crippen molar-refractivity contribution in [2.24, 2.45) is 17.3 Å². The summed E-state index contributed by atoms with van der Waals surface area (Å²) in [5.74, 6) is -1.98. The predicted molar refractivity (Wildman–Crippen MR) is 98.2 cm³/mol. The van der Waals surface area contributed by atoms with Crippen molar-refractivity contribution in [3.63, 3.8) is 0 Å². The highest BCUT2D eigenvalue weighted by atomic mass is 16.4. The summed E-state index contributed by atoms with van der Waals surface area (Å²) in [6.07, 6.45) is 8.73. The molecule has 0 saturated carbocycles. The third-order valence-electron chi connectivity index (χ3n) is 5.39. The number of aliphatic carboxylic acids is 2. The Morgan fingerprint density at radius 2 is 1.17 bits per heavy atom. The van der Waals surface area contributed by atoms with Crippen LogP contribution in [0.3, 0.4) is 0 Å². The maximum Gasteiger partial charge on any atom is 0.310 e. The Labute approximate surface area is 148 Å². The summed E-state index contributed by atoms with van der Waals surface area (Å²) in [5.41, 5.74) is -1.12. The summed E-state index contributed by atoms with van der Waals surface area (Å²) < 4.78 is 0. The standard InChI is InChI=1S/C20H38O4/c1-5-9-13-16(11-7-3)20(19(23)24,15-18(21)22)17(12-8-4)14-10-6-2/h16-17H,5-15H2,1-4H3,(H,21,22)(H,23,24). The zero-order valence-corrected chi connectivity index (χ0v) is 16.1. The van der Waals surface area contributed by atoms with Crippen molar-refractivity contribution in [3.8, 4) is 0 Å². The largest absolute Gasteiger partial charge is 0.481 e. The van der Waals surface area contributed by atoms with E-state index in [1.54, 1.807) is 0 Å². The average molecular weight is 343 g/mol. The molecule has 0 radical (unpaired) electrons. The molecule has 142 valence electrons. The minimum absolute atomic E-state index is 0.0514. The molecule has 4 nitrogen and oxygen atoms in total. The molecule has 0 bridgehead atoms. The Morgan fingerprint density at radius 1 is 0.750 bits per heavy atom. The lowest BCUT2D eigenvalue weighted by molar-refractivity contribution is -0.166. The van der Waals surface area contributed by atoms with Gasteiger partial charge in [0, 0.05) is 0 Å². The summed E-state index contributed by atoms with van der Waals surface area (Å²) in [6.45, 7) is 8.33. The quantitative estimate of drug-likeness (QED) is 0.397. The van der Waals surface area contributed by atoms with Gasteiger partial charge >= 0.3 is 11.9 Å². The molecule has 0 aromatic heterocycles. The normalized spacial score (nSPS) is 16.3. The molecule has 0 heterocycles. The van der Waals surface area contributed by atoms with Gasteiger partial charge in [0.05, 0.1) is 11.8 Å². The molecule has 0 aromatic rings. The summed E-state index contributed by atoms with van der Waals surface area (Å²) in [6, 6.07) is 0. The van der Waals surface area contributed by atoms with E-state index in [4.69, 9.17) is 0 Å². The molecule has 0 spiro atoms. The van der Waals surface area contributed by atoms with E-state index in [0.717, 1.165) is 64.2 Å². The van der Waals surface area contributed by atoms with Gasteiger partial charge in [-0.05, 0) is 37.5 Å². The number of hydrogen-bond donors (Lipinski definition) is 2. The number of carbonyl (C=O) groups is 2. The van der Waals surface area contributed by atoms with Crippen molar-refractivity contribution < 1.29 is 19.8 Å². The van der Waals surface area contributed by atoms with Gasteiger partial charge in [0.1, 0.15) is 0 Å². The van der Waals surface area contributed by atoms with Crippen LogP contribution in [0.15, 0.2) is 0 Å². The van der Waals surface area contributed by atoms with Crippen molar-refractivity contribution in [1.82, 2.24) is 0 Å². The fraction of sp³-hybridized carbons (Fsp3) is 0.900. The lowest BCUT2D eigenvalue weighted by Gasteiger charge is -2.43. The average Bonchev–Trinajstić information content (AvgIpc) is 2.53. The highest BCUT2D eigenvalue weighted by Crippen LogP contribution is 2.48. The first-order chi connectivity index (χ1) is 11.4. The zero-order valence-electron chi connectivity index (χ0n) is 16.1. The van der Waals surface area contributed by atoms with Crippen LogP contribution in [0.1, 0.15) is 98.3 Å². The number of carboxylic acids is 2. The first kappa shape index (κ1) is 22.9. The molecule has 0 rings (SSSR count). The molecule has 0 aliphatic carbocycles. The minimum Gasteiger partial charge on any atom is -0.481 e. The predicted octanol–water partition coefficient (Wildman–Crippen LogP) is 5.75. The molecule has 0 aromatic carbocycles. The van der Waals surface area contributed by atoms with E-state index < -0.39 is 17.4 Å². The molecule has 2 unspecified atom stereocenters. The van der Waals surface area contributed by atoms with E-state index in [-0.39, 0.29) is 18.3 Å². The Morgan fingerprint density at radius 3 is 1.42 bits per heavy atom. The summed E-state index contributed by atoms with van der Waals surface area (Å²) >= 11 is 0. The number of unbranched alkanes of at least 4 members (excludes halogenated alkanes) is 2. The third kappa shape index (κ3) is 6.45. The van der Waals surface area contributed by atoms with Crippen molar-refractivity contribution in [3.05, 3.63) is 0 Å². The molecule has 0 saturated heterocycles. The van der Waals surface area contributed by atoms with Gasteiger partial charge in [-0.3, -0.25) is 9.59 Å². The molecule has 0 aliphatic rings. The molecule has 2 atom stereocenters. The van der Waals surface area contributed by atoms with Crippen LogP contribution in [0.2, 0.25) is 0 Å². The first-order valence-corrected chi connectivity index (χ1v) is 9.85. The Hall–Kier alpha value is -1.06. The van der Waals surface area contributed by atoms with Gasteiger partial charge in [-0.15, -0.1) is 0 Å². The number of carboxylic acid groups (broad SMARTS) is 2. The highest BCUT2D eigenvalue weighted by Gasteiger charge is 2.51. The number of rotatable bonds is 15. The Bertz CT molecular complexity index is 347. The van der Waals surface area contributed by atoms with Crippen LogP contribution in [0.5, 0.6) is 0 Å². The molecular formula is C20H38O4. The maximum atomic E-state index is 12.5. The monoisotopic (exact) mass is 342 g/mol. The fourth-order valence-corrected chi connectivity index (χ4v) is 4.21. The fourth-order valence-electron chi connectivity index (χ4n) is 4.21. The molecule has 2 N–H and O–H groups in total.